The molecule has 0 N–H and O–H groups in total. The van der Waals surface area contributed by atoms with E-state index in [2.05, 4.69) is 0 Å². The maximum absolute atomic E-state index is 12.6. The number of fused-ring (bicyclic) bond motifs is 1. The minimum Gasteiger partial charge on any atom is -0.443 e. The molecule has 0 bridgehead atoms. The van der Waals surface area contributed by atoms with Gasteiger partial charge in [0.2, 0.25) is 5.91 Å². The van der Waals surface area contributed by atoms with E-state index in [-0.39, 0.29) is 18.9 Å². The van der Waals surface area contributed by atoms with Crippen molar-refractivity contribution in [2.24, 2.45) is 0 Å². The molecule has 9 heteroatoms. The number of carbonyl (C=O) groups is 4. The summed E-state index contributed by atoms with van der Waals surface area (Å²) in [6.07, 6.45) is 0.994. The number of benzene rings is 1. The van der Waals surface area contributed by atoms with E-state index in [1.165, 1.54) is 0 Å². The molecule has 1 aromatic rings. The Morgan fingerprint density at radius 3 is 1.89 bits per heavy atom. The molecule has 0 aromatic heterocycles. The molecule has 0 fully saturated rings. The van der Waals surface area contributed by atoms with E-state index in [1.807, 2.05) is 0 Å². The second-order valence-corrected chi connectivity index (χ2v) is 11.2. The topological polar surface area (TPSA) is 102 Å². The summed E-state index contributed by atoms with van der Waals surface area (Å²) in [6, 6.07) is 5.23. The maximum Gasteiger partial charge on any atom is 0.421 e. The molecular formula is C26H36N2O7. The van der Waals surface area contributed by atoms with Gasteiger partial charge in [-0.25, -0.2) is 24.2 Å². The first-order valence-electron chi connectivity index (χ1n) is 11.5. The number of imide groups is 2. The molecule has 1 aliphatic heterocycles. The van der Waals surface area contributed by atoms with E-state index in [1.54, 1.807) is 92.7 Å². The van der Waals surface area contributed by atoms with E-state index in [0.717, 1.165) is 9.80 Å². The van der Waals surface area contributed by atoms with Gasteiger partial charge in [-0.3, -0.25) is 4.79 Å². The summed E-state index contributed by atoms with van der Waals surface area (Å²) in [5.74, 6) is -0.364. The van der Waals surface area contributed by atoms with Gasteiger partial charge >= 0.3 is 18.3 Å². The first-order valence-corrected chi connectivity index (χ1v) is 11.5. The van der Waals surface area contributed by atoms with Crippen LogP contribution in [0.15, 0.2) is 24.3 Å². The number of anilines is 1. The number of rotatable bonds is 3. The fourth-order valence-corrected chi connectivity index (χ4v) is 3.08. The van der Waals surface area contributed by atoms with Crippen LogP contribution in [-0.2, 0) is 25.4 Å². The van der Waals surface area contributed by atoms with Crippen LogP contribution in [0.25, 0.3) is 6.08 Å². The molecule has 1 aliphatic rings. The summed E-state index contributed by atoms with van der Waals surface area (Å²) >= 11 is 0. The van der Waals surface area contributed by atoms with Crippen molar-refractivity contribution >= 4 is 36.0 Å². The van der Waals surface area contributed by atoms with Crippen LogP contribution in [0.2, 0.25) is 0 Å². The van der Waals surface area contributed by atoms with Crippen molar-refractivity contribution in [2.75, 3.05) is 11.4 Å². The van der Waals surface area contributed by atoms with Gasteiger partial charge in [0, 0.05) is 0 Å². The molecule has 1 aromatic carbocycles. The Morgan fingerprint density at radius 2 is 1.40 bits per heavy atom. The molecule has 0 radical (unpaired) electrons. The van der Waals surface area contributed by atoms with Crippen LogP contribution in [0.5, 0.6) is 0 Å². The highest BCUT2D eigenvalue weighted by Crippen LogP contribution is 2.31. The summed E-state index contributed by atoms with van der Waals surface area (Å²) in [5.41, 5.74) is -0.507. The van der Waals surface area contributed by atoms with E-state index in [9.17, 15) is 19.2 Å². The lowest BCUT2D eigenvalue weighted by Gasteiger charge is -2.28. The van der Waals surface area contributed by atoms with Crippen molar-refractivity contribution in [3.05, 3.63) is 35.4 Å². The summed E-state index contributed by atoms with van der Waals surface area (Å²) in [6.45, 7) is 15.3. The van der Waals surface area contributed by atoms with Crippen molar-refractivity contribution in [2.45, 2.75) is 85.5 Å². The normalized spacial score (nSPS) is 14.1. The Labute approximate surface area is 207 Å². The number of hydrogen-bond acceptors (Lipinski definition) is 7. The molecule has 0 saturated carbocycles. The van der Waals surface area contributed by atoms with Gasteiger partial charge in [-0.05, 0) is 79.5 Å². The Morgan fingerprint density at radius 1 is 0.886 bits per heavy atom. The fraction of sp³-hybridized carbons (Fsp3) is 0.538. The second-order valence-electron chi connectivity index (χ2n) is 11.2. The Hall–Kier alpha value is -3.36. The number of amides is 4. The molecule has 192 valence electrons. The van der Waals surface area contributed by atoms with Crippen molar-refractivity contribution in [1.82, 2.24) is 4.90 Å². The number of nitrogens with zero attached hydrogens (tertiary/aromatic N) is 2. The average Bonchev–Trinajstić information content (AvgIpc) is 2.95. The smallest absolute Gasteiger partial charge is 0.421 e. The Kier molecular flexibility index (Phi) is 8.04. The van der Waals surface area contributed by atoms with Crippen LogP contribution in [0.3, 0.4) is 0 Å². The maximum atomic E-state index is 12.6. The summed E-state index contributed by atoms with van der Waals surface area (Å²) < 4.78 is 16.1. The van der Waals surface area contributed by atoms with Crippen LogP contribution in [-0.4, -0.2) is 52.4 Å². The van der Waals surface area contributed by atoms with Crippen LogP contribution >= 0.6 is 0 Å². The third-order valence-electron chi connectivity index (χ3n) is 4.34. The van der Waals surface area contributed by atoms with Gasteiger partial charge in [0.05, 0.1) is 18.7 Å². The molecule has 1 heterocycles. The minimum atomic E-state index is -0.827. The van der Waals surface area contributed by atoms with Crippen LogP contribution in [0, 0.1) is 0 Å². The molecule has 2 rings (SSSR count). The van der Waals surface area contributed by atoms with E-state index in [4.69, 9.17) is 14.2 Å². The predicted octanol–water partition coefficient (Wildman–Crippen LogP) is 5.70. The van der Waals surface area contributed by atoms with Crippen molar-refractivity contribution in [3.63, 3.8) is 0 Å². The van der Waals surface area contributed by atoms with Gasteiger partial charge in [0.1, 0.15) is 16.8 Å². The zero-order valence-corrected chi connectivity index (χ0v) is 22.1. The molecule has 9 nitrogen and oxygen atoms in total. The zero-order valence-electron chi connectivity index (χ0n) is 22.1. The highest BCUT2D eigenvalue weighted by Gasteiger charge is 2.35. The first-order chi connectivity index (χ1) is 15.9. The molecule has 0 atom stereocenters. The Balaban J connectivity index is 2.24. The monoisotopic (exact) mass is 488 g/mol. The number of hydrogen-bond donors (Lipinski definition) is 0. The molecule has 0 saturated heterocycles. The second kappa shape index (κ2) is 10.1. The van der Waals surface area contributed by atoms with E-state index < -0.39 is 35.1 Å². The van der Waals surface area contributed by atoms with Gasteiger partial charge in [0.15, 0.2) is 0 Å². The number of carbonyl (C=O) groups excluding carboxylic acids is 4. The van der Waals surface area contributed by atoms with E-state index in [0.29, 0.717) is 16.8 Å². The molecule has 4 amide bonds. The zero-order chi connectivity index (χ0) is 26.8. The third-order valence-corrected chi connectivity index (χ3v) is 4.34. The van der Waals surface area contributed by atoms with Crippen LogP contribution in [0.4, 0.5) is 20.1 Å². The largest absolute Gasteiger partial charge is 0.443 e. The quantitative estimate of drug-likeness (QED) is 0.503. The average molecular weight is 489 g/mol. The standard InChI is InChI=1S/C26H36N2O7/c1-24(2,3)33-21(30)27(22(31)34-25(4,5)6)14-10-11-17-12-13-18-16-20(29)28(19(18)15-17)23(32)35-26(7,8)9/h10-13,15H,14,16H2,1-9H3/b11-10+. The van der Waals surface area contributed by atoms with Gasteiger partial charge in [-0.15, -0.1) is 0 Å². The predicted molar refractivity (Wildman–Crippen MR) is 132 cm³/mol. The molecule has 0 spiro atoms. The third kappa shape index (κ3) is 8.42. The SMILES string of the molecule is CC(C)(C)OC(=O)N(C/C=C/c1ccc2c(c1)N(C(=O)OC(C)(C)C)C(=O)C2)C(=O)OC(C)(C)C. The Bertz CT molecular complexity index is 996. The van der Waals surface area contributed by atoms with Gasteiger partial charge in [0.25, 0.3) is 0 Å². The minimum absolute atomic E-state index is 0.101. The molecule has 35 heavy (non-hydrogen) atoms. The fourth-order valence-electron chi connectivity index (χ4n) is 3.08. The lowest BCUT2D eigenvalue weighted by atomic mass is 10.1. The highest BCUT2D eigenvalue weighted by molar-refractivity contribution is 6.17. The molecule has 0 unspecified atom stereocenters. The summed E-state index contributed by atoms with van der Waals surface area (Å²) in [5, 5.41) is 0. The van der Waals surface area contributed by atoms with Crippen molar-refractivity contribution in [1.29, 1.82) is 0 Å². The van der Waals surface area contributed by atoms with Crippen molar-refractivity contribution < 1.29 is 33.4 Å². The molecule has 0 aliphatic carbocycles. The van der Waals surface area contributed by atoms with Gasteiger partial charge < -0.3 is 14.2 Å². The number of ether oxygens (including phenoxy) is 3. The van der Waals surface area contributed by atoms with Gasteiger partial charge in [-0.1, -0.05) is 24.3 Å². The summed E-state index contributed by atoms with van der Waals surface area (Å²) in [7, 11) is 0. The van der Waals surface area contributed by atoms with Gasteiger partial charge in [-0.2, -0.15) is 0 Å². The molecular weight excluding hydrogens is 452 g/mol. The summed E-state index contributed by atoms with van der Waals surface area (Å²) in [4.78, 5) is 52.2. The van der Waals surface area contributed by atoms with Crippen LogP contribution in [0.1, 0.15) is 73.4 Å². The first kappa shape index (κ1) is 27.9. The lowest BCUT2D eigenvalue weighted by molar-refractivity contribution is -0.117. The highest BCUT2D eigenvalue weighted by atomic mass is 16.6. The lowest BCUT2D eigenvalue weighted by Crippen LogP contribution is -2.43. The van der Waals surface area contributed by atoms with E-state index >= 15 is 0 Å². The van der Waals surface area contributed by atoms with Crippen LogP contribution < -0.4 is 4.90 Å². The van der Waals surface area contributed by atoms with Crippen molar-refractivity contribution in [3.8, 4) is 0 Å².